The number of amides is 1. The van der Waals surface area contributed by atoms with Crippen molar-refractivity contribution in [2.24, 2.45) is 0 Å². The standard InChI is InChI=1S/C12H16FNO3/c1-9(15)14-12(7-17-8-16-2)10-3-5-11(13)6-4-10/h3-6,12H,7-8H2,1-2H3,(H,14,15). The first-order chi connectivity index (χ1) is 8.13. The van der Waals surface area contributed by atoms with Gasteiger partial charge in [-0.2, -0.15) is 0 Å². The van der Waals surface area contributed by atoms with E-state index in [9.17, 15) is 9.18 Å². The summed E-state index contributed by atoms with van der Waals surface area (Å²) in [7, 11) is 1.52. The van der Waals surface area contributed by atoms with Crippen LogP contribution in [-0.4, -0.2) is 26.4 Å². The number of carbonyl (C=O) groups excluding carboxylic acids is 1. The Morgan fingerprint density at radius 1 is 1.41 bits per heavy atom. The van der Waals surface area contributed by atoms with Gasteiger partial charge in [-0.1, -0.05) is 12.1 Å². The molecule has 0 fully saturated rings. The van der Waals surface area contributed by atoms with Gasteiger partial charge < -0.3 is 14.8 Å². The lowest BCUT2D eigenvalue weighted by Gasteiger charge is -2.18. The van der Waals surface area contributed by atoms with Gasteiger partial charge in [0.2, 0.25) is 5.91 Å². The quantitative estimate of drug-likeness (QED) is 0.608. The number of benzene rings is 1. The van der Waals surface area contributed by atoms with E-state index in [0.717, 1.165) is 5.56 Å². The Kier molecular flexibility index (Phi) is 5.59. The van der Waals surface area contributed by atoms with E-state index in [2.05, 4.69) is 5.32 Å². The molecule has 1 rings (SSSR count). The van der Waals surface area contributed by atoms with E-state index in [-0.39, 0.29) is 31.2 Å². The molecule has 0 heterocycles. The molecule has 0 radical (unpaired) electrons. The highest BCUT2D eigenvalue weighted by Crippen LogP contribution is 2.14. The lowest BCUT2D eigenvalue weighted by molar-refractivity contribution is -0.120. The highest BCUT2D eigenvalue weighted by molar-refractivity contribution is 5.73. The van der Waals surface area contributed by atoms with Crippen molar-refractivity contribution in [1.29, 1.82) is 0 Å². The van der Waals surface area contributed by atoms with E-state index in [1.54, 1.807) is 12.1 Å². The number of nitrogens with one attached hydrogen (secondary N) is 1. The third kappa shape index (κ3) is 4.93. The lowest BCUT2D eigenvalue weighted by Crippen LogP contribution is -2.29. The summed E-state index contributed by atoms with van der Waals surface area (Å²) >= 11 is 0. The fourth-order valence-corrected chi connectivity index (χ4v) is 1.41. The average molecular weight is 241 g/mol. The summed E-state index contributed by atoms with van der Waals surface area (Å²) in [5.41, 5.74) is 0.790. The second kappa shape index (κ2) is 6.98. The Morgan fingerprint density at radius 3 is 2.59 bits per heavy atom. The maximum absolute atomic E-state index is 12.8. The second-order valence-electron chi connectivity index (χ2n) is 3.58. The molecule has 1 aromatic carbocycles. The fourth-order valence-electron chi connectivity index (χ4n) is 1.41. The molecule has 0 aliphatic rings. The van der Waals surface area contributed by atoms with Gasteiger partial charge in [-0.15, -0.1) is 0 Å². The van der Waals surface area contributed by atoms with Crippen LogP contribution in [0, 0.1) is 5.82 Å². The van der Waals surface area contributed by atoms with Crippen molar-refractivity contribution in [3.8, 4) is 0 Å². The van der Waals surface area contributed by atoms with Crippen molar-refractivity contribution in [2.75, 3.05) is 20.5 Å². The van der Waals surface area contributed by atoms with Crippen LogP contribution in [-0.2, 0) is 14.3 Å². The Bertz CT molecular complexity index is 353. The Balaban J connectivity index is 2.67. The summed E-state index contributed by atoms with van der Waals surface area (Å²) in [6.07, 6.45) is 0. The molecule has 1 amide bonds. The van der Waals surface area contributed by atoms with Crippen molar-refractivity contribution in [2.45, 2.75) is 13.0 Å². The van der Waals surface area contributed by atoms with Gasteiger partial charge in [-0.25, -0.2) is 4.39 Å². The van der Waals surface area contributed by atoms with Crippen molar-refractivity contribution in [3.63, 3.8) is 0 Å². The van der Waals surface area contributed by atoms with Crippen LogP contribution >= 0.6 is 0 Å². The molecule has 0 saturated carbocycles. The number of carbonyl (C=O) groups is 1. The molecular formula is C12H16FNO3. The molecule has 4 nitrogen and oxygen atoms in total. The molecule has 1 atom stereocenters. The predicted molar refractivity (Wildman–Crippen MR) is 60.8 cm³/mol. The number of halogens is 1. The van der Waals surface area contributed by atoms with E-state index >= 15 is 0 Å². The zero-order valence-electron chi connectivity index (χ0n) is 9.90. The van der Waals surface area contributed by atoms with E-state index in [1.165, 1.54) is 26.2 Å². The van der Waals surface area contributed by atoms with Gasteiger partial charge >= 0.3 is 0 Å². The van der Waals surface area contributed by atoms with Crippen LogP contribution in [0.25, 0.3) is 0 Å². The summed E-state index contributed by atoms with van der Waals surface area (Å²) < 4.78 is 22.7. The molecule has 0 aliphatic carbocycles. The molecule has 1 unspecified atom stereocenters. The van der Waals surface area contributed by atoms with Crippen molar-refractivity contribution in [1.82, 2.24) is 5.32 Å². The second-order valence-corrected chi connectivity index (χ2v) is 3.58. The van der Waals surface area contributed by atoms with E-state index in [4.69, 9.17) is 9.47 Å². The van der Waals surface area contributed by atoms with Gasteiger partial charge in [0.25, 0.3) is 0 Å². The maximum Gasteiger partial charge on any atom is 0.217 e. The van der Waals surface area contributed by atoms with E-state index < -0.39 is 0 Å². The number of methoxy groups -OCH3 is 1. The zero-order valence-corrected chi connectivity index (χ0v) is 9.90. The van der Waals surface area contributed by atoms with Crippen molar-refractivity contribution in [3.05, 3.63) is 35.6 Å². The minimum atomic E-state index is -0.312. The van der Waals surface area contributed by atoms with Crippen LogP contribution in [0.2, 0.25) is 0 Å². The summed E-state index contributed by atoms with van der Waals surface area (Å²) in [6, 6.07) is 5.63. The molecule has 0 saturated heterocycles. The molecule has 1 N–H and O–H groups in total. The van der Waals surface area contributed by atoms with Gasteiger partial charge in [-0.3, -0.25) is 4.79 Å². The van der Waals surface area contributed by atoms with Gasteiger partial charge in [0.1, 0.15) is 12.6 Å². The highest BCUT2D eigenvalue weighted by Gasteiger charge is 2.12. The largest absolute Gasteiger partial charge is 0.359 e. The summed E-state index contributed by atoms with van der Waals surface area (Å²) in [5.74, 6) is -0.478. The van der Waals surface area contributed by atoms with Crippen LogP contribution in [0.3, 0.4) is 0 Å². The van der Waals surface area contributed by atoms with Crippen LogP contribution in [0.1, 0.15) is 18.5 Å². The summed E-state index contributed by atoms with van der Waals surface area (Å²) in [4.78, 5) is 11.1. The Labute approximate surface area is 99.7 Å². The Morgan fingerprint density at radius 2 is 2.06 bits per heavy atom. The van der Waals surface area contributed by atoms with Crippen LogP contribution in [0.4, 0.5) is 4.39 Å². The molecule has 94 valence electrons. The number of hydrogen-bond acceptors (Lipinski definition) is 3. The predicted octanol–water partition coefficient (Wildman–Crippen LogP) is 1.62. The molecule has 17 heavy (non-hydrogen) atoms. The number of hydrogen-bond donors (Lipinski definition) is 1. The first-order valence-corrected chi connectivity index (χ1v) is 5.22. The molecule has 5 heteroatoms. The SMILES string of the molecule is COCOCC(NC(C)=O)c1ccc(F)cc1. The summed E-state index contributed by atoms with van der Waals surface area (Å²) in [5, 5.41) is 2.73. The normalized spacial score (nSPS) is 12.2. The third-order valence-electron chi connectivity index (χ3n) is 2.14. The topological polar surface area (TPSA) is 47.6 Å². The van der Waals surface area contributed by atoms with Crippen LogP contribution in [0.15, 0.2) is 24.3 Å². The maximum atomic E-state index is 12.8. The van der Waals surface area contributed by atoms with Crippen LogP contribution in [0.5, 0.6) is 0 Å². The van der Waals surface area contributed by atoms with E-state index in [0.29, 0.717) is 0 Å². The van der Waals surface area contributed by atoms with Gasteiger partial charge in [0.15, 0.2) is 0 Å². The minimum Gasteiger partial charge on any atom is -0.359 e. The van der Waals surface area contributed by atoms with Crippen molar-refractivity contribution < 1.29 is 18.7 Å². The number of ether oxygens (including phenoxy) is 2. The smallest absolute Gasteiger partial charge is 0.217 e. The fraction of sp³-hybridized carbons (Fsp3) is 0.417. The Hall–Kier alpha value is -1.46. The van der Waals surface area contributed by atoms with Crippen molar-refractivity contribution >= 4 is 5.91 Å². The monoisotopic (exact) mass is 241 g/mol. The highest BCUT2D eigenvalue weighted by atomic mass is 19.1. The first kappa shape index (κ1) is 13.6. The minimum absolute atomic E-state index is 0.150. The molecule has 0 aliphatic heterocycles. The average Bonchev–Trinajstić information content (AvgIpc) is 2.28. The zero-order chi connectivity index (χ0) is 12.7. The molecule has 0 bridgehead atoms. The van der Waals surface area contributed by atoms with Gasteiger partial charge in [-0.05, 0) is 17.7 Å². The molecule has 0 aromatic heterocycles. The molecule has 0 spiro atoms. The third-order valence-corrected chi connectivity index (χ3v) is 2.14. The van der Waals surface area contributed by atoms with E-state index in [1.807, 2.05) is 0 Å². The summed E-state index contributed by atoms with van der Waals surface area (Å²) in [6.45, 7) is 1.85. The van der Waals surface area contributed by atoms with Crippen LogP contribution < -0.4 is 5.32 Å². The number of rotatable bonds is 6. The first-order valence-electron chi connectivity index (χ1n) is 5.22. The lowest BCUT2D eigenvalue weighted by atomic mass is 10.1. The molecular weight excluding hydrogens is 225 g/mol. The molecule has 1 aromatic rings. The van der Waals surface area contributed by atoms with Gasteiger partial charge in [0.05, 0.1) is 12.6 Å². The van der Waals surface area contributed by atoms with Gasteiger partial charge in [0, 0.05) is 14.0 Å².